The van der Waals surface area contributed by atoms with Crippen LogP contribution in [0.4, 0.5) is 0 Å². The van der Waals surface area contributed by atoms with Crippen LogP contribution < -0.4 is 5.32 Å². The first kappa shape index (κ1) is 13.4. The lowest BCUT2D eigenvalue weighted by atomic mass is 9.78. The zero-order valence-electron chi connectivity index (χ0n) is 12.8. The van der Waals surface area contributed by atoms with Gasteiger partial charge in [0.1, 0.15) is 12.2 Å². The van der Waals surface area contributed by atoms with E-state index in [9.17, 15) is 19.5 Å². The lowest BCUT2D eigenvalue weighted by molar-refractivity contribution is -0.161. The molecule has 0 aromatic carbocycles. The van der Waals surface area contributed by atoms with Crippen molar-refractivity contribution in [1.82, 2.24) is 5.32 Å². The third kappa shape index (κ3) is 1.34. The number of esters is 2. The fraction of sp³-hybridized carbons (Fsp3) is 0.706. The molecule has 4 aliphatic carbocycles. The molecule has 2 heterocycles. The zero-order valence-corrected chi connectivity index (χ0v) is 12.8. The second kappa shape index (κ2) is 4.02. The summed E-state index contributed by atoms with van der Waals surface area (Å²) in [5.41, 5.74) is 1.86. The van der Waals surface area contributed by atoms with Crippen molar-refractivity contribution in [3.8, 4) is 0 Å². The Kier molecular flexibility index (Phi) is 2.24. The second-order valence-corrected chi connectivity index (χ2v) is 8.05. The van der Waals surface area contributed by atoms with Crippen LogP contribution in [0.3, 0.4) is 0 Å². The molecular formula is C17H17NO6. The van der Waals surface area contributed by atoms with E-state index < -0.39 is 36.1 Å². The average molecular weight is 331 g/mol. The summed E-state index contributed by atoms with van der Waals surface area (Å²) in [6.45, 7) is 0. The molecule has 0 spiro atoms. The molecule has 1 saturated heterocycles. The van der Waals surface area contributed by atoms with E-state index in [4.69, 9.17) is 9.47 Å². The van der Waals surface area contributed by atoms with Gasteiger partial charge >= 0.3 is 11.9 Å². The molecule has 7 heteroatoms. The fourth-order valence-corrected chi connectivity index (χ4v) is 6.24. The molecule has 7 nitrogen and oxygen atoms in total. The van der Waals surface area contributed by atoms with Crippen LogP contribution in [0.25, 0.3) is 0 Å². The maximum atomic E-state index is 12.8. The Morgan fingerprint density at radius 3 is 2.92 bits per heavy atom. The summed E-state index contributed by atoms with van der Waals surface area (Å²) < 4.78 is 11.0. The van der Waals surface area contributed by atoms with Gasteiger partial charge in [0.25, 0.3) is 0 Å². The Labute approximate surface area is 137 Å². The number of ether oxygens (including phenoxy) is 2. The highest BCUT2D eigenvalue weighted by atomic mass is 16.6. The molecule has 9 atom stereocenters. The molecule has 24 heavy (non-hydrogen) atoms. The third-order valence-electron chi connectivity index (χ3n) is 7.16. The third-order valence-corrected chi connectivity index (χ3v) is 7.16. The predicted octanol–water partition coefficient (Wildman–Crippen LogP) is -0.510. The maximum absolute atomic E-state index is 12.8. The zero-order chi connectivity index (χ0) is 16.3. The molecule has 6 aliphatic rings. The first-order valence-electron chi connectivity index (χ1n) is 8.67. The van der Waals surface area contributed by atoms with Crippen molar-refractivity contribution >= 4 is 17.8 Å². The normalized spacial score (nSPS) is 52.3. The van der Waals surface area contributed by atoms with E-state index in [1.54, 1.807) is 0 Å². The Hall–Kier alpha value is -1.89. The number of carbonyl (C=O) groups is 3. The topological polar surface area (TPSA) is 102 Å². The van der Waals surface area contributed by atoms with Crippen molar-refractivity contribution in [2.45, 2.75) is 37.6 Å². The lowest BCUT2D eigenvalue weighted by Crippen LogP contribution is -2.43. The highest BCUT2D eigenvalue weighted by molar-refractivity contribution is 5.90. The Morgan fingerprint density at radius 1 is 1.25 bits per heavy atom. The molecule has 2 N–H and O–H groups in total. The van der Waals surface area contributed by atoms with Gasteiger partial charge in [-0.05, 0) is 24.8 Å². The maximum Gasteiger partial charge on any atom is 0.310 e. The van der Waals surface area contributed by atoms with Crippen molar-refractivity contribution in [2.75, 3.05) is 0 Å². The first-order chi connectivity index (χ1) is 11.5. The molecule has 6 rings (SSSR count). The van der Waals surface area contributed by atoms with Gasteiger partial charge in [-0.15, -0.1) is 0 Å². The number of aliphatic hydroxyl groups is 1. The van der Waals surface area contributed by atoms with Crippen LogP contribution in [0.2, 0.25) is 0 Å². The summed E-state index contributed by atoms with van der Waals surface area (Å²) in [5.74, 6) is -2.07. The number of fused-ring (bicyclic) bond motifs is 2. The van der Waals surface area contributed by atoms with Crippen LogP contribution in [-0.2, 0) is 23.9 Å². The summed E-state index contributed by atoms with van der Waals surface area (Å²) in [4.78, 5) is 36.8. The van der Waals surface area contributed by atoms with Gasteiger partial charge < -0.3 is 19.9 Å². The average Bonchev–Trinajstić information content (AvgIpc) is 3.30. The van der Waals surface area contributed by atoms with E-state index in [1.165, 1.54) is 0 Å². The molecular weight excluding hydrogens is 314 g/mol. The summed E-state index contributed by atoms with van der Waals surface area (Å²) in [7, 11) is 0. The Balaban J connectivity index is 1.27. The van der Waals surface area contributed by atoms with Crippen LogP contribution >= 0.6 is 0 Å². The van der Waals surface area contributed by atoms with Crippen molar-refractivity contribution in [1.29, 1.82) is 0 Å². The number of amides is 1. The largest absolute Gasteiger partial charge is 0.459 e. The first-order valence-corrected chi connectivity index (χ1v) is 8.67. The SMILES string of the molecule is O=C1NC2=C3CC(CC13)C2OC(=O)C1C2CC3C(OC(=O)C31)C2O. The van der Waals surface area contributed by atoms with Gasteiger partial charge in [0.2, 0.25) is 5.91 Å². The minimum Gasteiger partial charge on any atom is -0.459 e. The molecule has 126 valence electrons. The number of aliphatic hydroxyl groups excluding tert-OH is 1. The lowest BCUT2D eigenvalue weighted by Gasteiger charge is -2.29. The van der Waals surface area contributed by atoms with Crippen LogP contribution in [0.15, 0.2) is 11.3 Å². The van der Waals surface area contributed by atoms with Gasteiger partial charge in [-0.2, -0.15) is 0 Å². The van der Waals surface area contributed by atoms with E-state index in [0.717, 1.165) is 24.1 Å². The van der Waals surface area contributed by atoms with Gasteiger partial charge in [-0.25, -0.2) is 0 Å². The molecule has 4 bridgehead atoms. The van der Waals surface area contributed by atoms with Crippen LogP contribution in [0.5, 0.6) is 0 Å². The molecule has 2 aliphatic heterocycles. The standard InChI is InChI=1S/C17H17NO6/c19-12-7-3-8-10(17(22)24-14(8)12)9(7)16(21)23-13-4-1-5-6(2-4)15(20)18-11(5)13/h4,6-10,12-14,19H,1-3H2,(H,18,20). The van der Waals surface area contributed by atoms with Crippen LogP contribution in [0.1, 0.15) is 19.3 Å². The van der Waals surface area contributed by atoms with E-state index in [2.05, 4.69) is 5.32 Å². The smallest absolute Gasteiger partial charge is 0.310 e. The number of rotatable bonds is 2. The minimum absolute atomic E-state index is 0.0126. The van der Waals surface area contributed by atoms with Crippen molar-refractivity contribution in [2.24, 2.45) is 35.5 Å². The molecule has 1 amide bonds. The van der Waals surface area contributed by atoms with Gasteiger partial charge in [0.05, 0.1) is 29.6 Å². The monoisotopic (exact) mass is 331 g/mol. The van der Waals surface area contributed by atoms with Crippen LogP contribution in [-0.4, -0.2) is 41.3 Å². The Bertz CT molecular complexity index is 743. The van der Waals surface area contributed by atoms with E-state index in [-0.39, 0.29) is 35.5 Å². The summed E-state index contributed by atoms with van der Waals surface area (Å²) >= 11 is 0. The quantitative estimate of drug-likeness (QED) is 0.661. The van der Waals surface area contributed by atoms with Gasteiger partial charge in [-0.1, -0.05) is 0 Å². The molecule has 3 saturated carbocycles. The van der Waals surface area contributed by atoms with Gasteiger partial charge in [0, 0.05) is 17.8 Å². The highest BCUT2D eigenvalue weighted by Gasteiger charge is 2.69. The fourth-order valence-electron chi connectivity index (χ4n) is 6.24. The molecule has 4 fully saturated rings. The van der Waals surface area contributed by atoms with Crippen molar-refractivity contribution < 1.29 is 29.0 Å². The number of carbonyl (C=O) groups excluding carboxylic acids is 3. The summed E-state index contributed by atoms with van der Waals surface area (Å²) in [6, 6.07) is 0. The summed E-state index contributed by atoms with van der Waals surface area (Å²) in [5, 5.41) is 13.2. The van der Waals surface area contributed by atoms with Gasteiger partial charge in [-0.3, -0.25) is 14.4 Å². The summed E-state index contributed by atoms with van der Waals surface area (Å²) in [6.07, 6.45) is 0.563. The number of hydrogen-bond acceptors (Lipinski definition) is 6. The van der Waals surface area contributed by atoms with Crippen molar-refractivity contribution in [3.63, 3.8) is 0 Å². The number of nitrogens with one attached hydrogen (secondary N) is 1. The Morgan fingerprint density at radius 2 is 2.08 bits per heavy atom. The molecule has 0 radical (unpaired) electrons. The highest BCUT2D eigenvalue weighted by Crippen LogP contribution is 2.59. The number of hydrogen-bond donors (Lipinski definition) is 2. The van der Waals surface area contributed by atoms with Crippen LogP contribution in [0, 0.1) is 35.5 Å². The second-order valence-electron chi connectivity index (χ2n) is 8.05. The molecule has 9 unspecified atom stereocenters. The molecule has 0 aromatic heterocycles. The predicted molar refractivity (Wildman–Crippen MR) is 75.7 cm³/mol. The van der Waals surface area contributed by atoms with Gasteiger partial charge in [0.15, 0.2) is 0 Å². The van der Waals surface area contributed by atoms with E-state index in [0.29, 0.717) is 6.42 Å². The molecule has 0 aromatic rings. The van der Waals surface area contributed by atoms with E-state index in [1.807, 2.05) is 0 Å². The van der Waals surface area contributed by atoms with Crippen molar-refractivity contribution in [3.05, 3.63) is 11.3 Å². The minimum atomic E-state index is -0.770. The van der Waals surface area contributed by atoms with E-state index >= 15 is 0 Å².